The van der Waals surface area contributed by atoms with Crippen molar-refractivity contribution in [3.05, 3.63) is 0 Å². The number of rotatable bonds is 5. The quantitative estimate of drug-likeness (QED) is 0.620. The minimum atomic E-state index is -0.719. The van der Waals surface area contributed by atoms with Gasteiger partial charge in [0, 0.05) is 13.0 Å². The van der Waals surface area contributed by atoms with Crippen molar-refractivity contribution in [2.24, 2.45) is 0 Å². The summed E-state index contributed by atoms with van der Waals surface area (Å²) in [6.07, 6.45) is 4.10. The average Bonchev–Trinajstić information content (AvgIpc) is 2.17. The van der Waals surface area contributed by atoms with Gasteiger partial charge in [0.2, 0.25) is 0 Å². The van der Waals surface area contributed by atoms with Crippen molar-refractivity contribution in [1.82, 2.24) is 0 Å². The molecule has 1 rings (SSSR count). The maximum absolute atomic E-state index is 5.62. The van der Waals surface area contributed by atoms with Crippen molar-refractivity contribution in [1.29, 1.82) is 0 Å². The van der Waals surface area contributed by atoms with E-state index in [-0.39, 0.29) is 0 Å². The Bertz CT molecular complexity index is 125. The summed E-state index contributed by atoms with van der Waals surface area (Å²) in [7, 11) is 0. The second kappa shape index (κ2) is 5.58. The highest BCUT2D eigenvalue weighted by Crippen LogP contribution is 2.27. The molecule has 0 radical (unpaired) electrons. The molecule has 3 nitrogen and oxygen atoms in total. The zero-order valence-corrected chi connectivity index (χ0v) is 8.67. The molecule has 1 atom stereocenters. The summed E-state index contributed by atoms with van der Waals surface area (Å²) in [6, 6.07) is 0. The SMILES string of the molecule is CCCOC1(OCC)CCCCO1. The van der Waals surface area contributed by atoms with Crippen molar-refractivity contribution < 1.29 is 14.2 Å². The fraction of sp³-hybridized carbons (Fsp3) is 1.00. The third-order valence-corrected chi connectivity index (χ3v) is 2.09. The zero-order valence-electron chi connectivity index (χ0n) is 8.67. The first-order chi connectivity index (χ1) is 6.33. The fourth-order valence-electron chi connectivity index (χ4n) is 1.49. The number of hydrogen-bond donors (Lipinski definition) is 0. The predicted octanol–water partition coefficient (Wildman–Crippen LogP) is 2.30. The Morgan fingerprint density at radius 1 is 1.23 bits per heavy atom. The van der Waals surface area contributed by atoms with Gasteiger partial charge in [0.05, 0.1) is 13.2 Å². The van der Waals surface area contributed by atoms with Crippen LogP contribution in [0, 0.1) is 0 Å². The van der Waals surface area contributed by atoms with E-state index in [4.69, 9.17) is 14.2 Å². The molecule has 78 valence electrons. The summed E-state index contributed by atoms with van der Waals surface area (Å²) in [5.74, 6) is -0.719. The highest BCUT2D eigenvalue weighted by Gasteiger charge is 2.34. The van der Waals surface area contributed by atoms with Crippen LogP contribution in [-0.4, -0.2) is 25.8 Å². The molecule has 0 saturated carbocycles. The van der Waals surface area contributed by atoms with Crippen LogP contribution in [0.2, 0.25) is 0 Å². The average molecular weight is 188 g/mol. The standard InChI is InChI=1S/C10H20O3/c1-3-8-12-10(11-4-2)7-5-6-9-13-10/h3-9H2,1-2H3. The maximum Gasteiger partial charge on any atom is 0.282 e. The maximum atomic E-state index is 5.62. The summed E-state index contributed by atoms with van der Waals surface area (Å²) >= 11 is 0. The van der Waals surface area contributed by atoms with Crippen molar-refractivity contribution in [2.75, 3.05) is 19.8 Å². The summed E-state index contributed by atoms with van der Waals surface area (Å²) in [4.78, 5) is 0. The molecule has 0 aromatic heterocycles. The molecule has 0 aromatic carbocycles. The Hall–Kier alpha value is -0.120. The molecule has 1 unspecified atom stereocenters. The Kier molecular flexibility index (Phi) is 4.70. The molecule has 1 heterocycles. The molecule has 0 spiro atoms. The van der Waals surface area contributed by atoms with Crippen LogP contribution in [0.5, 0.6) is 0 Å². The topological polar surface area (TPSA) is 27.7 Å². The molecule has 1 aliphatic rings. The molecular weight excluding hydrogens is 168 g/mol. The van der Waals surface area contributed by atoms with Gasteiger partial charge in [-0.15, -0.1) is 0 Å². The van der Waals surface area contributed by atoms with Crippen molar-refractivity contribution in [3.8, 4) is 0 Å². The smallest absolute Gasteiger partial charge is 0.282 e. The third-order valence-electron chi connectivity index (χ3n) is 2.09. The Labute approximate surface area is 80.4 Å². The van der Waals surface area contributed by atoms with Gasteiger partial charge in [0.15, 0.2) is 0 Å². The molecule has 1 fully saturated rings. The van der Waals surface area contributed by atoms with Gasteiger partial charge in [-0.1, -0.05) is 6.92 Å². The first-order valence-corrected chi connectivity index (χ1v) is 5.25. The largest absolute Gasteiger partial charge is 0.328 e. The lowest BCUT2D eigenvalue weighted by Gasteiger charge is -2.35. The predicted molar refractivity (Wildman–Crippen MR) is 50.4 cm³/mol. The van der Waals surface area contributed by atoms with Crippen LogP contribution in [-0.2, 0) is 14.2 Å². The van der Waals surface area contributed by atoms with Crippen LogP contribution in [0.15, 0.2) is 0 Å². The van der Waals surface area contributed by atoms with E-state index in [9.17, 15) is 0 Å². The van der Waals surface area contributed by atoms with Crippen LogP contribution in [0.4, 0.5) is 0 Å². The summed E-state index contributed by atoms with van der Waals surface area (Å²) < 4.78 is 16.7. The normalized spacial score (nSPS) is 29.1. The Morgan fingerprint density at radius 3 is 2.62 bits per heavy atom. The molecule has 1 aliphatic heterocycles. The van der Waals surface area contributed by atoms with Crippen molar-refractivity contribution in [2.45, 2.75) is 45.5 Å². The van der Waals surface area contributed by atoms with E-state index in [0.29, 0.717) is 13.2 Å². The highest BCUT2D eigenvalue weighted by atomic mass is 16.9. The van der Waals surface area contributed by atoms with Gasteiger partial charge in [-0.25, -0.2) is 0 Å². The molecule has 0 aliphatic carbocycles. The minimum absolute atomic E-state index is 0.643. The van der Waals surface area contributed by atoms with Crippen LogP contribution in [0.3, 0.4) is 0 Å². The number of hydrogen-bond acceptors (Lipinski definition) is 3. The van der Waals surface area contributed by atoms with Gasteiger partial charge < -0.3 is 14.2 Å². The highest BCUT2D eigenvalue weighted by molar-refractivity contribution is 4.63. The van der Waals surface area contributed by atoms with Crippen LogP contribution >= 0.6 is 0 Å². The second-order valence-corrected chi connectivity index (χ2v) is 3.27. The van der Waals surface area contributed by atoms with Crippen LogP contribution in [0.25, 0.3) is 0 Å². The number of ether oxygens (including phenoxy) is 3. The third kappa shape index (κ3) is 3.25. The van der Waals surface area contributed by atoms with Crippen molar-refractivity contribution in [3.63, 3.8) is 0 Å². The van der Waals surface area contributed by atoms with Gasteiger partial charge in [-0.3, -0.25) is 0 Å². The van der Waals surface area contributed by atoms with E-state index in [2.05, 4.69) is 6.92 Å². The van der Waals surface area contributed by atoms with E-state index < -0.39 is 5.97 Å². The molecule has 13 heavy (non-hydrogen) atoms. The van der Waals surface area contributed by atoms with E-state index >= 15 is 0 Å². The Morgan fingerprint density at radius 2 is 2.08 bits per heavy atom. The molecule has 0 amide bonds. The molecule has 0 N–H and O–H groups in total. The van der Waals surface area contributed by atoms with Gasteiger partial charge in [0.1, 0.15) is 0 Å². The van der Waals surface area contributed by atoms with Crippen LogP contribution < -0.4 is 0 Å². The van der Waals surface area contributed by atoms with Gasteiger partial charge in [-0.05, 0) is 26.2 Å². The molecule has 0 aromatic rings. The van der Waals surface area contributed by atoms with Crippen LogP contribution in [0.1, 0.15) is 39.5 Å². The molecule has 0 bridgehead atoms. The minimum Gasteiger partial charge on any atom is -0.328 e. The van der Waals surface area contributed by atoms with E-state index in [1.165, 1.54) is 0 Å². The second-order valence-electron chi connectivity index (χ2n) is 3.27. The molecular formula is C10H20O3. The first kappa shape index (κ1) is 11.0. The van der Waals surface area contributed by atoms with E-state index in [1.54, 1.807) is 0 Å². The summed E-state index contributed by atoms with van der Waals surface area (Å²) in [5, 5.41) is 0. The van der Waals surface area contributed by atoms with Crippen molar-refractivity contribution >= 4 is 0 Å². The first-order valence-electron chi connectivity index (χ1n) is 5.25. The lowest BCUT2D eigenvalue weighted by Crippen LogP contribution is -2.42. The summed E-state index contributed by atoms with van der Waals surface area (Å²) in [5.41, 5.74) is 0. The monoisotopic (exact) mass is 188 g/mol. The zero-order chi connectivity index (χ0) is 9.57. The van der Waals surface area contributed by atoms with E-state index in [0.717, 1.165) is 32.3 Å². The Balaban J connectivity index is 2.40. The van der Waals surface area contributed by atoms with Gasteiger partial charge >= 0.3 is 0 Å². The van der Waals surface area contributed by atoms with E-state index in [1.807, 2.05) is 6.92 Å². The molecule has 3 heteroatoms. The lowest BCUT2D eigenvalue weighted by atomic mass is 10.2. The lowest BCUT2D eigenvalue weighted by molar-refractivity contribution is -0.391. The van der Waals surface area contributed by atoms with Gasteiger partial charge in [0.25, 0.3) is 5.97 Å². The fourth-order valence-corrected chi connectivity index (χ4v) is 1.49. The molecule has 1 saturated heterocycles. The van der Waals surface area contributed by atoms with Gasteiger partial charge in [-0.2, -0.15) is 0 Å². The summed E-state index contributed by atoms with van der Waals surface area (Å²) in [6.45, 7) is 6.16.